The predicted molar refractivity (Wildman–Crippen MR) is 96.9 cm³/mol. The third-order valence-electron chi connectivity index (χ3n) is 4.35. The van der Waals surface area contributed by atoms with E-state index in [0.717, 1.165) is 18.2 Å². The van der Waals surface area contributed by atoms with Crippen molar-refractivity contribution in [2.75, 3.05) is 18.0 Å². The van der Waals surface area contributed by atoms with E-state index in [9.17, 15) is 22.0 Å². The number of piperidine rings is 1. The van der Waals surface area contributed by atoms with Crippen LogP contribution in [0.15, 0.2) is 29.1 Å². The molecule has 1 aliphatic rings. The first-order valence-electron chi connectivity index (χ1n) is 8.49. The van der Waals surface area contributed by atoms with Gasteiger partial charge in [-0.1, -0.05) is 0 Å². The molecule has 1 fully saturated rings. The predicted octanol–water partition coefficient (Wildman–Crippen LogP) is 1.44. The maximum Gasteiger partial charge on any atom is 0.252 e. The van der Waals surface area contributed by atoms with Gasteiger partial charge < -0.3 is 4.90 Å². The molecule has 3 rings (SSSR count). The molecule has 0 radical (unpaired) electrons. The second kappa shape index (κ2) is 7.73. The fourth-order valence-corrected chi connectivity index (χ4v) is 4.53. The van der Waals surface area contributed by atoms with Crippen molar-refractivity contribution in [3.05, 3.63) is 57.5 Å². The summed E-state index contributed by atoms with van der Waals surface area (Å²) in [6.07, 6.45) is 1.00. The molecule has 2 heterocycles. The molecule has 27 heavy (non-hydrogen) atoms. The lowest BCUT2D eigenvalue weighted by molar-refractivity contribution is 0.455. The number of hydrogen-bond donors (Lipinski definition) is 2. The van der Waals surface area contributed by atoms with Gasteiger partial charge in [-0.05, 0) is 38.0 Å². The first-order chi connectivity index (χ1) is 12.7. The number of aromatic nitrogens is 2. The van der Waals surface area contributed by atoms with Crippen LogP contribution in [0.5, 0.6) is 0 Å². The lowest BCUT2D eigenvalue weighted by Gasteiger charge is -2.32. The van der Waals surface area contributed by atoms with Crippen molar-refractivity contribution in [3.8, 4) is 0 Å². The molecular weight excluding hydrogens is 378 g/mol. The lowest BCUT2D eigenvalue weighted by Crippen LogP contribution is -2.45. The van der Waals surface area contributed by atoms with Crippen molar-refractivity contribution >= 4 is 16.0 Å². The van der Waals surface area contributed by atoms with Crippen LogP contribution in [0.3, 0.4) is 0 Å². The molecule has 1 saturated heterocycles. The third-order valence-corrected chi connectivity index (χ3v) is 5.73. The van der Waals surface area contributed by atoms with E-state index in [1.807, 2.05) is 4.90 Å². The summed E-state index contributed by atoms with van der Waals surface area (Å²) in [7, 11) is -3.82. The highest BCUT2D eigenvalue weighted by Crippen LogP contribution is 2.18. The first kappa shape index (κ1) is 19.4. The number of benzene rings is 1. The van der Waals surface area contributed by atoms with E-state index in [4.69, 9.17) is 0 Å². The van der Waals surface area contributed by atoms with Gasteiger partial charge in [-0.15, -0.1) is 0 Å². The average Bonchev–Trinajstić information content (AvgIpc) is 2.57. The Morgan fingerprint density at radius 2 is 1.96 bits per heavy atom. The van der Waals surface area contributed by atoms with Crippen molar-refractivity contribution in [1.82, 2.24) is 14.7 Å². The fraction of sp³-hybridized carbons (Fsp3) is 0.412. The van der Waals surface area contributed by atoms with E-state index in [2.05, 4.69) is 14.7 Å². The second-order valence-electron chi connectivity index (χ2n) is 6.58. The summed E-state index contributed by atoms with van der Waals surface area (Å²) in [5.41, 5.74) is 0.160. The number of rotatable bonds is 5. The van der Waals surface area contributed by atoms with Gasteiger partial charge in [0, 0.05) is 36.5 Å². The Balaban J connectivity index is 1.61. The van der Waals surface area contributed by atoms with Crippen molar-refractivity contribution in [2.45, 2.75) is 31.6 Å². The molecule has 0 saturated carbocycles. The quantitative estimate of drug-likeness (QED) is 0.795. The fourth-order valence-electron chi connectivity index (χ4n) is 3.08. The van der Waals surface area contributed by atoms with Crippen molar-refractivity contribution < 1.29 is 17.2 Å². The highest BCUT2D eigenvalue weighted by Gasteiger charge is 2.25. The Morgan fingerprint density at radius 1 is 1.26 bits per heavy atom. The smallest absolute Gasteiger partial charge is 0.252 e. The van der Waals surface area contributed by atoms with E-state index in [-0.39, 0.29) is 17.2 Å². The second-order valence-corrected chi connectivity index (χ2v) is 8.34. The number of nitrogens with zero attached hydrogens (tertiary/aromatic N) is 2. The molecule has 0 bridgehead atoms. The van der Waals surface area contributed by atoms with Crippen molar-refractivity contribution in [3.63, 3.8) is 0 Å². The molecule has 2 N–H and O–H groups in total. The third kappa shape index (κ3) is 5.10. The number of halogens is 2. The van der Waals surface area contributed by atoms with Crippen LogP contribution in [0.25, 0.3) is 0 Å². The summed E-state index contributed by atoms with van der Waals surface area (Å²) in [6, 6.07) is 3.82. The van der Waals surface area contributed by atoms with E-state index in [0.29, 0.717) is 37.6 Å². The van der Waals surface area contributed by atoms with Gasteiger partial charge in [-0.3, -0.25) is 9.78 Å². The standard InChI is InChI=1S/C17H20F2N4O3S/c1-11-8-16(24)21-17(20-11)23-6-4-14(5-7-23)22-27(25,26)10-12-9-13(18)2-3-15(12)19/h2-3,8-9,14,22H,4-7,10H2,1H3,(H,20,21,24). The van der Waals surface area contributed by atoms with Gasteiger partial charge in [0.15, 0.2) is 0 Å². The molecule has 146 valence electrons. The number of aromatic amines is 1. The van der Waals surface area contributed by atoms with Crippen molar-refractivity contribution in [2.24, 2.45) is 0 Å². The zero-order chi connectivity index (χ0) is 19.6. The van der Waals surface area contributed by atoms with Crippen LogP contribution in [-0.4, -0.2) is 37.5 Å². The van der Waals surface area contributed by atoms with Gasteiger partial charge in [-0.25, -0.2) is 26.9 Å². The normalized spacial score (nSPS) is 15.9. The maximum atomic E-state index is 13.7. The maximum absolute atomic E-state index is 13.7. The first-order valence-corrected chi connectivity index (χ1v) is 10.1. The summed E-state index contributed by atoms with van der Waals surface area (Å²) in [5.74, 6) is -1.60. The molecule has 1 aromatic heterocycles. The minimum absolute atomic E-state index is 0.207. The Morgan fingerprint density at radius 3 is 2.63 bits per heavy atom. The number of nitrogens with one attached hydrogen (secondary N) is 2. The van der Waals surface area contributed by atoms with Crippen LogP contribution in [-0.2, 0) is 15.8 Å². The van der Waals surface area contributed by atoms with Gasteiger partial charge in [0.25, 0.3) is 5.56 Å². The molecule has 0 unspecified atom stereocenters. The van der Waals surface area contributed by atoms with Gasteiger partial charge in [0.1, 0.15) is 11.6 Å². The topological polar surface area (TPSA) is 95.2 Å². The van der Waals surface area contributed by atoms with Gasteiger partial charge in [0.2, 0.25) is 16.0 Å². The van der Waals surface area contributed by atoms with E-state index >= 15 is 0 Å². The number of hydrogen-bond acceptors (Lipinski definition) is 5. The molecule has 0 spiro atoms. The number of aryl methyl sites for hydroxylation is 1. The minimum Gasteiger partial charge on any atom is -0.342 e. The molecule has 0 amide bonds. The summed E-state index contributed by atoms with van der Waals surface area (Å²) < 4.78 is 54.1. The molecule has 7 nitrogen and oxygen atoms in total. The van der Waals surface area contributed by atoms with Crippen LogP contribution < -0.4 is 15.2 Å². The molecular formula is C17H20F2N4O3S. The molecule has 0 aliphatic carbocycles. The molecule has 2 aromatic rings. The Kier molecular flexibility index (Phi) is 5.56. The number of sulfonamides is 1. The minimum atomic E-state index is -3.82. The van der Waals surface area contributed by atoms with Crippen molar-refractivity contribution in [1.29, 1.82) is 0 Å². The SMILES string of the molecule is Cc1cc(=O)[nH]c(N2CCC(NS(=O)(=O)Cc3cc(F)ccc3F)CC2)n1. The molecule has 0 atom stereocenters. The summed E-state index contributed by atoms with van der Waals surface area (Å²) in [5, 5.41) is 0. The monoisotopic (exact) mass is 398 g/mol. The average molecular weight is 398 g/mol. The summed E-state index contributed by atoms with van der Waals surface area (Å²) in [6.45, 7) is 2.74. The van der Waals surface area contributed by atoms with Crippen LogP contribution in [0.4, 0.5) is 14.7 Å². The zero-order valence-electron chi connectivity index (χ0n) is 14.7. The Bertz CT molecular complexity index is 986. The largest absolute Gasteiger partial charge is 0.342 e. The summed E-state index contributed by atoms with van der Waals surface area (Å²) in [4.78, 5) is 20.4. The van der Waals surface area contributed by atoms with Gasteiger partial charge in [0.05, 0.1) is 5.75 Å². The van der Waals surface area contributed by atoms with E-state index in [1.165, 1.54) is 6.07 Å². The van der Waals surface area contributed by atoms with Gasteiger partial charge in [-0.2, -0.15) is 0 Å². The molecule has 1 aromatic carbocycles. The molecule has 10 heteroatoms. The van der Waals surface area contributed by atoms with Crippen LogP contribution in [0, 0.1) is 18.6 Å². The van der Waals surface area contributed by atoms with Crippen LogP contribution in [0.2, 0.25) is 0 Å². The van der Waals surface area contributed by atoms with E-state index in [1.54, 1.807) is 6.92 Å². The highest BCUT2D eigenvalue weighted by molar-refractivity contribution is 7.88. The van der Waals surface area contributed by atoms with Crippen LogP contribution in [0.1, 0.15) is 24.1 Å². The lowest BCUT2D eigenvalue weighted by atomic mass is 10.1. The van der Waals surface area contributed by atoms with E-state index < -0.39 is 27.4 Å². The summed E-state index contributed by atoms with van der Waals surface area (Å²) >= 11 is 0. The molecule has 1 aliphatic heterocycles. The van der Waals surface area contributed by atoms with Crippen LogP contribution >= 0.6 is 0 Å². The number of H-pyrrole nitrogens is 1. The zero-order valence-corrected chi connectivity index (χ0v) is 15.5. The Labute approximate surface area is 155 Å². The Hall–Kier alpha value is -2.33. The van der Waals surface area contributed by atoms with Gasteiger partial charge >= 0.3 is 0 Å². The number of anilines is 1. The highest BCUT2D eigenvalue weighted by atomic mass is 32.2.